The maximum atomic E-state index is 11.1. The van der Waals surface area contributed by atoms with Gasteiger partial charge in [0.05, 0.1) is 5.56 Å². The molecule has 0 bridgehead atoms. The molecule has 5 nitrogen and oxygen atoms in total. The number of nitrogens with one attached hydrogen (secondary N) is 1. The molecule has 0 fully saturated rings. The molecule has 0 aliphatic heterocycles. The van der Waals surface area contributed by atoms with Crippen molar-refractivity contribution >= 4 is 11.6 Å². The third-order valence-electron chi connectivity index (χ3n) is 2.65. The van der Waals surface area contributed by atoms with Gasteiger partial charge in [0, 0.05) is 24.5 Å². The van der Waals surface area contributed by atoms with E-state index in [4.69, 9.17) is 11.5 Å². The topological polar surface area (TPSA) is 97.8 Å². The number of anilines is 1. The second-order valence-electron chi connectivity index (χ2n) is 3.78. The fraction of sp³-hybridized carbons (Fsp3) is 0.167. The molecule has 88 valence electrons. The highest BCUT2D eigenvalue weighted by Crippen LogP contribution is 2.18. The zero-order valence-electron chi connectivity index (χ0n) is 9.31. The fourth-order valence-corrected chi connectivity index (χ4v) is 1.73. The summed E-state index contributed by atoms with van der Waals surface area (Å²) in [5, 5.41) is 0. The molecule has 0 aliphatic carbocycles. The zero-order valence-corrected chi connectivity index (χ0v) is 9.31. The van der Waals surface area contributed by atoms with Gasteiger partial charge in [0.2, 0.25) is 0 Å². The summed E-state index contributed by atoms with van der Waals surface area (Å²) in [6.07, 6.45) is 4.96. The lowest BCUT2D eigenvalue weighted by molar-refractivity contribution is 0.100. The number of nitrogen functional groups attached to an aromatic ring is 1. The number of aromatic nitrogens is 2. The van der Waals surface area contributed by atoms with Gasteiger partial charge in [-0.1, -0.05) is 12.1 Å². The maximum Gasteiger partial charge on any atom is 0.250 e. The Balaban J connectivity index is 2.16. The number of carbonyl (C=O) groups excluding carboxylic acids is 1. The summed E-state index contributed by atoms with van der Waals surface area (Å²) in [7, 11) is 0. The molecule has 0 aliphatic rings. The molecule has 0 unspecified atom stereocenters. The number of aryl methyl sites for hydroxylation is 2. The molecule has 1 heterocycles. The number of hydrogen-bond donors (Lipinski definition) is 3. The minimum Gasteiger partial charge on any atom is -0.398 e. The van der Waals surface area contributed by atoms with Gasteiger partial charge in [-0.25, -0.2) is 4.98 Å². The predicted octanol–water partition coefficient (Wildman–Crippen LogP) is 0.876. The third kappa shape index (κ3) is 2.44. The van der Waals surface area contributed by atoms with Crippen LogP contribution in [0.25, 0.3) is 0 Å². The lowest BCUT2D eigenvalue weighted by atomic mass is 10.0. The van der Waals surface area contributed by atoms with Crippen molar-refractivity contribution in [1.82, 2.24) is 9.97 Å². The van der Waals surface area contributed by atoms with Crippen molar-refractivity contribution in [3.63, 3.8) is 0 Å². The van der Waals surface area contributed by atoms with Crippen LogP contribution in [0.1, 0.15) is 21.7 Å². The second kappa shape index (κ2) is 4.69. The number of primary amides is 1. The number of benzene rings is 1. The highest BCUT2D eigenvalue weighted by Gasteiger charge is 2.09. The smallest absolute Gasteiger partial charge is 0.250 e. The van der Waals surface area contributed by atoms with Crippen LogP contribution in [0.5, 0.6) is 0 Å². The number of para-hydroxylation sites is 1. The number of amides is 1. The number of rotatable bonds is 4. The molecule has 0 atom stereocenters. The van der Waals surface area contributed by atoms with Gasteiger partial charge in [-0.3, -0.25) is 4.79 Å². The molecular weight excluding hydrogens is 216 g/mol. The Morgan fingerprint density at radius 2 is 2.18 bits per heavy atom. The van der Waals surface area contributed by atoms with Crippen molar-refractivity contribution in [1.29, 1.82) is 0 Å². The zero-order chi connectivity index (χ0) is 12.3. The Morgan fingerprint density at radius 3 is 2.82 bits per heavy atom. The first kappa shape index (κ1) is 11.2. The molecule has 2 aromatic rings. The van der Waals surface area contributed by atoms with Crippen LogP contribution in [0.15, 0.2) is 30.6 Å². The van der Waals surface area contributed by atoms with E-state index < -0.39 is 5.91 Å². The van der Waals surface area contributed by atoms with Gasteiger partial charge in [0.15, 0.2) is 0 Å². The normalized spacial score (nSPS) is 10.4. The summed E-state index contributed by atoms with van der Waals surface area (Å²) >= 11 is 0. The van der Waals surface area contributed by atoms with Gasteiger partial charge in [-0.15, -0.1) is 0 Å². The van der Waals surface area contributed by atoms with E-state index in [1.165, 1.54) is 0 Å². The summed E-state index contributed by atoms with van der Waals surface area (Å²) in [4.78, 5) is 18.3. The molecule has 5 heteroatoms. The van der Waals surface area contributed by atoms with Gasteiger partial charge in [0.25, 0.3) is 5.91 Å². The quantitative estimate of drug-likeness (QED) is 0.680. The summed E-state index contributed by atoms with van der Waals surface area (Å²) in [6.45, 7) is 0. The standard InChI is InChI=1S/C12H14N4O/c13-11-8(2-1-3-9(11)12(14)17)4-5-10-15-6-7-16-10/h1-3,6-7H,4-5,13H2,(H2,14,17)(H,15,16). The number of hydrogen-bond acceptors (Lipinski definition) is 3. The van der Waals surface area contributed by atoms with Crippen molar-refractivity contribution in [2.75, 3.05) is 5.73 Å². The van der Waals surface area contributed by atoms with Gasteiger partial charge in [-0.2, -0.15) is 0 Å². The molecule has 1 aromatic heterocycles. The number of aromatic amines is 1. The molecule has 17 heavy (non-hydrogen) atoms. The average Bonchev–Trinajstić information content (AvgIpc) is 2.80. The van der Waals surface area contributed by atoms with Gasteiger partial charge in [0.1, 0.15) is 5.82 Å². The van der Waals surface area contributed by atoms with Crippen LogP contribution < -0.4 is 11.5 Å². The fourth-order valence-electron chi connectivity index (χ4n) is 1.73. The number of carbonyl (C=O) groups is 1. The highest BCUT2D eigenvalue weighted by atomic mass is 16.1. The number of H-pyrrole nitrogens is 1. The summed E-state index contributed by atoms with van der Waals surface area (Å²) in [5.41, 5.74) is 12.9. The Hall–Kier alpha value is -2.30. The first-order chi connectivity index (χ1) is 8.18. The predicted molar refractivity (Wildman–Crippen MR) is 65.4 cm³/mol. The summed E-state index contributed by atoms with van der Waals surface area (Å²) < 4.78 is 0. The minimum atomic E-state index is -0.498. The summed E-state index contributed by atoms with van der Waals surface area (Å²) in [6, 6.07) is 5.31. The number of nitrogens with zero attached hydrogens (tertiary/aromatic N) is 1. The van der Waals surface area contributed by atoms with Crippen molar-refractivity contribution in [3.8, 4) is 0 Å². The van der Waals surface area contributed by atoms with E-state index >= 15 is 0 Å². The van der Waals surface area contributed by atoms with Crippen LogP contribution in [0.3, 0.4) is 0 Å². The highest BCUT2D eigenvalue weighted by molar-refractivity contribution is 5.98. The van der Waals surface area contributed by atoms with Crippen LogP contribution in [0.4, 0.5) is 5.69 Å². The van der Waals surface area contributed by atoms with Crippen molar-refractivity contribution < 1.29 is 4.79 Å². The molecule has 5 N–H and O–H groups in total. The monoisotopic (exact) mass is 230 g/mol. The maximum absolute atomic E-state index is 11.1. The Bertz CT molecular complexity index is 519. The lowest BCUT2D eigenvalue weighted by Gasteiger charge is -2.07. The van der Waals surface area contributed by atoms with Crippen molar-refractivity contribution in [2.45, 2.75) is 12.8 Å². The minimum absolute atomic E-state index is 0.377. The van der Waals surface area contributed by atoms with E-state index in [0.29, 0.717) is 11.3 Å². The van der Waals surface area contributed by atoms with E-state index in [1.54, 1.807) is 24.5 Å². The van der Waals surface area contributed by atoms with Crippen LogP contribution >= 0.6 is 0 Å². The van der Waals surface area contributed by atoms with E-state index in [9.17, 15) is 4.79 Å². The van der Waals surface area contributed by atoms with Gasteiger partial charge in [-0.05, 0) is 18.1 Å². The molecular formula is C12H14N4O. The Kier molecular flexibility index (Phi) is 3.09. The van der Waals surface area contributed by atoms with Gasteiger partial charge < -0.3 is 16.5 Å². The molecule has 0 saturated heterocycles. The average molecular weight is 230 g/mol. The van der Waals surface area contributed by atoms with Crippen molar-refractivity contribution in [3.05, 3.63) is 47.5 Å². The van der Waals surface area contributed by atoms with Crippen LogP contribution in [-0.2, 0) is 12.8 Å². The van der Waals surface area contributed by atoms with E-state index in [-0.39, 0.29) is 0 Å². The molecule has 0 radical (unpaired) electrons. The molecule has 1 amide bonds. The summed E-state index contributed by atoms with van der Waals surface area (Å²) in [5.74, 6) is 0.399. The SMILES string of the molecule is NC(=O)c1cccc(CCc2ncc[nH]2)c1N. The Labute approximate surface area is 98.9 Å². The van der Waals surface area contributed by atoms with Crippen LogP contribution in [0, 0.1) is 0 Å². The third-order valence-corrected chi connectivity index (χ3v) is 2.65. The van der Waals surface area contributed by atoms with Crippen LogP contribution in [0.2, 0.25) is 0 Å². The number of imidazole rings is 1. The van der Waals surface area contributed by atoms with E-state index in [1.807, 2.05) is 6.07 Å². The molecule has 2 rings (SSSR count). The first-order valence-corrected chi connectivity index (χ1v) is 5.34. The Morgan fingerprint density at radius 1 is 1.35 bits per heavy atom. The first-order valence-electron chi connectivity index (χ1n) is 5.34. The lowest BCUT2D eigenvalue weighted by Crippen LogP contribution is -2.14. The molecule has 0 saturated carbocycles. The second-order valence-corrected chi connectivity index (χ2v) is 3.78. The van der Waals surface area contributed by atoms with Crippen molar-refractivity contribution in [2.24, 2.45) is 5.73 Å². The van der Waals surface area contributed by atoms with E-state index in [0.717, 1.165) is 24.2 Å². The van der Waals surface area contributed by atoms with Crippen LogP contribution in [-0.4, -0.2) is 15.9 Å². The van der Waals surface area contributed by atoms with Gasteiger partial charge >= 0.3 is 0 Å². The largest absolute Gasteiger partial charge is 0.398 e. The van der Waals surface area contributed by atoms with E-state index in [2.05, 4.69) is 9.97 Å². The molecule has 0 spiro atoms. The number of nitrogens with two attached hydrogens (primary N) is 2. The molecule has 1 aromatic carbocycles.